The van der Waals surface area contributed by atoms with Gasteiger partial charge in [0.25, 0.3) is 5.91 Å². The van der Waals surface area contributed by atoms with E-state index in [-0.39, 0.29) is 22.9 Å². The van der Waals surface area contributed by atoms with Crippen molar-refractivity contribution in [2.24, 2.45) is 0 Å². The van der Waals surface area contributed by atoms with Crippen molar-refractivity contribution in [2.45, 2.75) is 6.18 Å². The molecule has 6 nitrogen and oxygen atoms in total. The van der Waals surface area contributed by atoms with E-state index in [4.69, 9.17) is 5.26 Å². The van der Waals surface area contributed by atoms with Crippen molar-refractivity contribution in [2.75, 3.05) is 10.6 Å². The Morgan fingerprint density at radius 2 is 1.68 bits per heavy atom. The maximum Gasteiger partial charge on any atom is 0.418 e. The predicted octanol–water partition coefficient (Wildman–Crippen LogP) is 4.36. The number of amides is 1. The van der Waals surface area contributed by atoms with E-state index >= 15 is 0 Å². The van der Waals surface area contributed by atoms with Crippen molar-refractivity contribution < 1.29 is 18.0 Å². The molecule has 0 spiro atoms. The van der Waals surface area contributed by atoms with Gasteiger partial charge >= 0.3 is 6.18 Å². The fraction of sp³-hybridized carbons (Fsp3) is 0.0526. The van der Waals surface area contributed by atoms with Crippen molar-refractivity contribution in [3.8, 4) is 6.07 Å². The molecular formula is C19H12F3N5O. The van der Waals surface area contributed by atoms with Crippen molar-refractivity contribution in [1.82, 2.24) is 9.97 Å². The van der Waals surface area contributed by atoms with Crippen LogP contribution in [0.3, 0.4) is 0 Å². The molecule has 3 rings (SSSR count). The lowest BCUT2D eigenvalue weighted by atomic mass is 10.1. The van der Waals surface area contributed by atoms with Gasteiger partial charge in [0.2, 0.25) is 5.95 Å². The van der Waals surface area contributed by atoms with Crippen LogP contribution < -0.4 is 10.6 Å². The minimum Gasteiger partial charge on any atom is -0.324 e. The zero-order chi connectivity index (χ0) is 20.1. The third-order valence-electron chi connectivity index (χ3n) is 3.66. The smallest absolute Gasteiger partial charge is 0.324 e. The van der Waals surface area contributed by atoms with Crippen LogP contribution in [-0.4, -0.2) is 15.9 Å². The van der Waals surface area contributed by atoms with Crippen LogP contribution in [0.2, 0.25) is 0 Å². The first-order valence-corrected chi connectivity index (χ1v) is 7.95. The Labute approximate surface area is 157 Å². The van der Waals surface area contributed by atoms with Gasteiger partial charge in [-0.25, -0.2) is 9.97 Å². The number of nitrogens with one attached hydrogen (secondary N) is 2. The van der Waals surface area contributed by atoms with Crippen LogP contribution in [0.25, 0.3) is 0 Å². The molecule has 1 heterocycles. The molecule has 0 radical (unpaired) electrons. The molecule has 0 aliphatic carbocycles. The minimum atomic E-state index is -4.56. The lowest BCUT2D eigenvalue weighted by Crippen LogP contribution is -2.16. The first-order valence-electron chi connectivity index (χ1n) is 7.95. The Morgan fingerprint density at radius 1 is 1.00 bits per heavy atom. The van der Waals surface area contributed by atoms with Crippen LogP contribution in [0.15, 0.2) is 60.8 Å². The van der Waals surface area contributed by atoms with Crippen LogP contribution in [0.1, 0.15) is 21.6 Å². The summed E-state index contributed by atoms with van der Waals surface area (Å²) in [6.07, 6.45) is -3.31. The summed E-state index contributed by atoms with van der Waals surface area (Å²) >= 11 is 0. The monoisotopic (exact) mass is 383 g/mol. The average molecular weight is 383 g/mol. The molecule has 0 fully saturated rings. The molecule has 1 amide bonds. The van der Waals surface area contributed by atoms with Crippen LogP contribution in [-0.2, 0) is 6.18 Å². The van der Waals surface area contributed by atoms with Crippen LogP contribution in [0.4, 0.5) is 30.5 Å². The Bertz CT molecular complexity index is 1060. The number of nitriles is 1. The van der Waals surface area contributed by atoms with Gasteiger partial charge in [0, 0.05) is 6.20 Å². The summed E-state index contributed by atoms with van der Waals surface area (Å²) in [5.74, 6) is -0.796. The zero-order valence-electron chi connectivity index (χ0n) is 14.2. The molecular weight excluding hydrogens is 371 g/mol. The summed E-state index contributed by atoms with van der Waals surface area (Å²) in [5.41, 5.74) is -0.624. The quantitative estimate of drug-likeness (QED) is 0.698. The Morgan fingerprint density at radius 3 is 2.39 bits per heavy atom. The van der Waals surface area contributed by atoms with Gasteiger partial charge in [-0.2, -0.15) is 18.4 Å². The number of alkyl halides is 3. The largest absolute Gasteiger partial charge is 0.418 e. The number of rotatable bonds is 4. The number of hydrogen-bond donors (Lipinski definition) is 2. The summed E-state index contributed by atoms with van der Waals surface area (Å²) in [4.78, 5) is 20.2. The van der Waals surface area contributed by atoms with Crippen molar-refractivity contribution in [3.05, 3.63) is 77.6 Å². The van der Waals surface area contributed by atoms with Crippen molar-refractivity contribution in [3.63, 3.8) is 0 Å². The van der Waals surface area contributed by atoms with E-state index in [9.17, 15) is 18.0 Å². The molecule has 0 unspecified atom stereocenters. The number of anilines is 3. The van der Waals surface area contributed by atoms with Crippen molar-refractivity contribution in [1.29, 1.82) is 5.26 Å². The van der Waals surface area contributed by atoms with E-state index in [0.717, 1.165) is 6.07 Å². The average Bonchev–Trinajstić information content (AvgIpc) is 2.68. The van der Waals surface area contributed by atoms with E-state index < -0.39 is 17.6 Å². The molecule has 0 saturated heterocycles. The normalized spacial score (nSPS) is 10.8. The van der Waals surface area contributed by atoms with Crippen LogP contribution in [0.5, 0.6) is 0 Å². The molecule has 28 heavy (non-hydrogen) atoms. The highest BCUT2D eigenvalue weighted by Gasteiger charge is 2.33. The molecule has 2 aromatic carbocycles. The summed E-state index contributed by atoms with van der Waals surface area (Å²) in [6, 6.07) is 14.5. The standard InChI is InChI=1S/C19H12F3N5O/c20-19(21,22)13-6-2-4-8-15(13)26-18-24-10-9-16(27-18)17(28)25-14-7-3-1-5-12(14)11-23/h1-10H,(H,25,28)(H,24,26,27). The molecule has 0 saturated carbocycles. The first kappa shape index (κ1) is 18.8. The minimum absolute atomic E-state index is 0.0743. The Hall–Kier alpha value is -3.93. The van der Waals surface area contributed by atoms with E-state index in [1.807, 2.05) is 6.07 Å². The number of carbonyl (C=O) groups is 1. The highest BCUT2D eigenvalue weighted by atomic mass is 19.4. The van der Waals surface area contributed by atoms with E-state index in [1.165, 1.54) is 36.5 Å². The molecule has 3 aromatic rings. The maximum atomic E-state index is 13.1. The van der Waals surface area contributed by atoms with Crippen LogP contribution >= 0.6 is 0 Å². The van der Waals surface area contributed by atoms with Gasteiger partial charge in [-0.15, -0.1) is 0 Å². The van der Waals surface area contributed by atoms with Crippen LogP contribution in [0, 0.1) is 11.3 Å². The lowest BCUT2D eigenvalue weighted by molar-refractivity contribution is -0.136. The third kappa shape index (κ3) is 4.24. The number of hydrogen-bond acceptors (Lipinski definition) is 5. The van der Waals surface area contributed by atoms with Gasteiger partial charge in [-0.3, -0.25) is 4.79 Å². The van der Waals surface area contributed by atoms with Crippen molar-refractivity contribution >= 4 is 23.2 Å². The lowest BCUT2D eigenvalue weighted by Gasteiger charge is -2.13. The fourth-order valence-electron chi connectivity index (χ4n) is 2.38. The fourth-order valence-corrected chi connectivity index (χ4v) is 2.38. The highest BCUT2D eigenvalue weighted by Crippen LogP contribution is 2.35. The highest BCUT2D eigenvalue weighted by molar-refractivity contribution is 6.03. The molecule has 1 aromatic heterocycles. The summed E-state index contributed by atoms with van der Waals surface area (Å²) < 4.78 is 39.3. The number of para-hydroxylation sites is 2. The number of nitrogens with zero attached hydrogens (tertiary/aromatic N) is 3. The molecule has 2 N–H and O–H groups in total. The van der Waals surface area contributed by atoms with Gasteiger partial charge in [0.1, 0.15) is 11.8 Å². The second kappa shape index (κ2) is 7.75. The molecule has 0 atom stereocenters. The second-order valence-electron chi connectivity index (χ2n) is 5.55. The van der Waals surface area contributed by atoms with E-state index in [0.29, 0.717) is 5.69 Å². The number of carbonyl (C=O) groups excluding carboxylic acids is 1. The topological polar surface area (TPSA) is 90.7 Å². The molecule has 0 bridgehead atoms. The molecule has 0 aliphatic rings. The van der Waals surface area contributed by atoms with Gasteiger partial charge in [0.15, 0.2) is 0 Å². The number of aromatic nitrogens is 2. The second-order valence-corrected chi connectivity index (χ2v) is 5.55. The van der Waals surface area contributed by atoms with E-state index in [2.05, 4.69) is 20.6 Å². The number of benzene rings is 2. The van der Waals surface area contributed by atoms with Gasteiger partial charge in [-0.1, -0.05) is 24.3 Å². The third-order valence-corrected chi connectivity index (χ3v) is 3.66. The predicted molar refractivity (Wildman–Crippen MR) is 95.9 cm³/mol. The van der Waals surface area contributed by atoms with Gasteiger partial charge < -0.3 is 10.6 Å². The zero-order valence-corrected chi connectivity index (χ0v) is 14.2. The summed E-state index contributed by atoms with van der Waals surface area (Å²) in [5, 5.41) is 14.1. The Balaban J connectivity index is 1.84. The molecule has 140 valence electrons. The number of halogens is 3. The van der Waals surface area contributed by atoms with Gasteiger partial charge in [0.05, 0.1) is 22.5 Å². The molecule has 9 heteroatoms. The summed E-state index contributed by atoms with van der Waals surface area (Å²) in [7, 11) is 0. The van der Waals surface area contributed by atoms with Gasteiger partial charge in [-0.05, 0) is 30.3 Å². The molecule has 0 aliphatic heterocycles. The van der Waals surface area contributed by atoms with E-state index in [1.54, 1.807) is 18.2 Å². The first-order chi connectivity index (χ1) is 13.4. The Kier molecular flexibility index (Phi) is 5.22. The summed E-state index contributed by atoms with van der Waals surface area (Å²) in [6.45, 7) is 0. The maximum absolute atomic E-state index is 13.1. The SMILES string of the molecule is N#Cc1ccccc1NC(=O)c1ccnc(Nc2ccccc2C(F)(F)F)n1.